The lowest BCUT2D eigenvalue weighted by Gasteiger charge is -2.37. The summed E-state index contributed by atoms with van der Waals surface area (Å²) in [7, 11) is -4.39. The van der Waals surface area contributed by atoms with Gasteiger partial charge in [0.2, 0.25) is 14.8 Å². The van der Waals surface area contributed by atoms with Gasteiger partial charge in [-0.15, -0.1) is 0 Å². The first-order chi connectivity index (χ1) is 16.2. The third kappa shape index (κ3) is 7.07. The van der Waals surface area contributed by atoms with Gasteiger partial charge < -0.3 is 15.3 Å². The van der Waals surface area contributed by atoms with Gasteiger partial charge in [-0.05, 0) is 44.0 Å². The molecule has 0 radical (unpaired) electrons. The summed E-state index contributed by atoms with van der Waals surface area (Å²) in [6.07, 6.45) is -1.91. The molecule has 9 nitrogen and oxygen atoms in total. The molecule has 1 aliphatic heterocycles. The van der Waals surface area contributed by atoms with Crippen molar-refractivity contribution in [1.82, 2.24) is 15.1 Å². The van der Waals surface area contributed by atoms with Gasteiger partial charge in [0.15, 0.2) is 0 Å². The van der Waals surface area contributed by atoms with Crippen LogP contribution in [0.3, 0.4) is 0 Å². The van der Waals surface area contributed by atoms with Crippen molar-refractivity contribution in [2.24, 2.45) is 5.92 Å². The number of aliphatic carboxylic acids is 1. The Balaban J connectivity index is 0.000000540. The van der Waals surface area contributed by atoms with E-state index in [4.69, 9.17) is 9.90 Å². The number of nitrogens with one attached hydrogen (secondary N) is 1. The number of benzene rings is 1. The van der Waals surface area contributed by atoms with Crippen LogP contribution in [0.5, 0.6) is 0 Å². The smallest absolute Gasteiger partial charge is 0.475 e. The van der Waals surface area contributed by atoms with Crippen molar-refractivity contribution in [3.8, 4) is 0 Å². The van der Waals surface area contributed by atoms with E-state index in [9.17, 15) is 30.8 Å². The van der Waals surface area contributed by atoms with Crippen LogP contribution in [-0.4, -0.2) is 64.9 Å². The lowest BCUT2D eigenvalue weighted by atomic mass is 9.92. The van der Waals surface area contributed by atoms with E-state index in [1.54, 1.807) is 6.07 Å². The Morgan fingerprint density at radius 1 is 1.11 bits per heavy atom. The fourth-order valence-corrected chi connectivity index (χ4v) is 4.91. The van der Waals surface area contributed by atoms with Gasteiger partial charge in [0, 0.05) is 19.0 Å². The zero-order valence-electron chi connectivity index (χ0n) is 18.2. The molecule has 192 valence electrons. The number of hydrogen-bond donors (Lipinski definition) is 2. The van der Waals surface area contributed by atoms with Crippen LogP contribution in [0, 0.1) is 11.7 Å². The molecule has 35 heavy (non-hydrogen) atoms. The largest absolute Gasteiger partial charge is 0.490 e. The number of anilines is 1. The Bertz CT molecular complexity index is 1140. The molecule has 1 atom stereocenters. The molecule has 1 saturated heterocycles. The molecule has 0 bridgehead atoms. The van der Waals surface area contributed by atoms with Crippen molar-refractivity contribution in [2.75, 3.05) is 18.4 Å². The number of aromatic nitrogens is 2. The molecule has 2 N–H and O–H groups in total. The van der Waals surface area contributed by atoms with Crippen molar-refractivity contribution >= 4 is 27.5 Å². The summed E-state index contributed by atoms with van der Waals surface area (Å²) >= 11 is 0. The highest BCUT2D eigenvalue weighted by atomic mass is 32.2. The molecule has 0 saturated carbocycles. The third-order valence-electron chi connectivity index (χ3n) is 5.22. The zero-order chi connectivity index (χ0) is 26.4. The normalized spacial score (nSPS) is 16.5. The molecule has 1 aliphatic rings. The Morgan fingerprint density at radius 3 is 2.20 bits per heavy atom. The van der Waals surface area contributed by atoms with Crippen LogP contribution >= 0.6 is 0 Å². The van der Waals surface area contributed by atoms with Crippen LogP contribution in [0.4, 0.5) is 32.4 Å². The van der Waals surface area contributed by atoms with Gasteiger partial charge in [0.1, 0.15) is 5.82 Å². The van der Waals surface area contributed by atoms with Crippen LogP contribution in [0.2, 0.25) is 0 Å². The summed E-state index contributed by atoms with van der Waals surface area (Å²) in [6, 6.07) is 5.55. The number of rotatable bonds is 4. The first kappa shape index (κ1) is 27.9. The molecule has 15 heteroatoms. The first-order valence-electron chi connectivity index (χ1n) is 9.98. The zero-order valence-corrected chi connectivity index (χ0v) is 19.0. The number of alkyl halides is 4. The van der Waals surface area contributed by atoms with E-state index in [-0.39, 0.29) is 36.9 Å². The number of carbonyl (C=O) groups excluding carboxylic acids is 1. The lowest BCUT2D eigenvalue weighted by Crippen LogP contribution is -2.48. The van der Waals surface area contributed by atoms with Gasteiger partial charge >= 0.3 is 18.2 Å². The lowest BCUT2D eigenvalue weighted by molar-refractivity contribution is -0.192. The number of hydrogen-bond acceptors (Lipinski definition) is 6. The molecule has 1 fully saturated rings. The molecule has 2 heterocycles. The first-order valence-corrected chi connectivity index (χ1v) is 11.5. The Labute approximate surface area is 196 Å². The molecule has 2 aromatic rings. The van der Waals surface area contributed by atoms with E-state index in [1.807, 2.05) is 0 Å². The van der Waals surface area contributed by atoms with E-state index in [0.717, 1.165) is 19.1 Å². The minimum absolute atomic E-state index is 0.170. The highest BCUT2D eigenvalue weighted by Crippen LogP contribution is 2.39. The maximum atomic E-state index is 15.4. The molecule has 1 unspecified atom stereocenters. The van der Waals surface area contributed by atoms with Crippen molar-refractivity contribution < 1.29 is 45.1 Å². The molecular formula is C20H21F5N4O5S. The predicted octanol–water partition coefficient (Wildman–Crippen LogP) is 3.65. The maximum Gasteiger partial charge on any atom is 0.490 e. The average molecular weight is 524 g/mol. The summed E-state index contributed by atoms with van der Waals surface area (Å²) < 4.78 is 86.0. The number of sulfone groups is 1. The van der Waals surface area contributed by atoms with Gasteiger partial charge in [0.05, 0.1) is 23.0 Å². The monoisotopic (exact) mass is 524 g/mol. The van der Waals surface area contributed by atoms with Crippen LogP contribution < -0.4 is 5.32 Å². The van der Waals surface area contributed by atoms with E-state index in [0.29, 0.717) is 5.69 Å². The van der Waals surface area contributed by atoms with Crippen LogP contribution in [0.25, 0.3) is 0 Å². The van der Waals surface area contributed by atoms with Gasteiger partial charge in [-0.2, -0.15) is 23.4 Å². The summed E-state index contributed by atoms with van der Waals surface area (Å²) in [5.41, 5.74) is 0.478. The Kier molecular flexibility index (Phi) is 8.70. The standard InChI is InChI=1S/C18H20F2N4O3S.C2HF3O2/c1-18(20,28(26,27)16-4-2-3-14(19)11-16)13-6-9-24(10-7-13)17(25)23-15-5-8-21-22-12-15;3-2(4,5)1(6)7/h2-5,8,11-13H,6-7,9-10H2,1H3,(H,21,23,25);(H,6,7). The fraction of sp³-hybridized carbons (Fsp3) is 0.400. The summed E-state index contributed by atoms with van der Waals surface area (Å²) in [6.45, 7) is 1.41. The van der Waals surface area contributed by atoms with Gasteiger partial charge in [0.25, 0.3) is 0 Å². The SMILES string of the molecule is CC(F)(C1CCN(C(=O)Nc2ccnnc2)CC1)S(=O)(=O)c1cccc(F)c1.O=C(O)C(F)(F)F. The molecular weight excluding hydrogens is 503 g/mol. The molecule has 2 amide bonds. The topological polar surface area (TPSA) is 130 Å². The number of carbonyl (C=O) groups is 2. The second kappa shape index (κ2) is 10.9. The number of nitrogens with zero attached hydrogens (tertiary/aromatic N) is 3. The second-order valence-electron chi connectivity index (χ2n) is 7.57. The van der Waals surface area contributed by atoms with E-state index >= 15 is 4.39 Å². The minimum Gasteiger partial charge on any atom is -0.475 e. The number of carboxylic acid groups (broad SMARTS) is 1. The maximum absolute atomic E-state index is 15.4. The highest BCUT2D eigenvalue weighted by molar-refractivity contribution is 7.92. The Hall–Kier alpha value is -3.36. The second-order valence-corrected chi connectivity index (χ2v) is 9.85. The summed E-state index contributed by atoms with van der Waals surface area (Å²) in [5, 5.41) is 14.5. The van der Waals surface area contributed by atoms with Crippen LogP contribution in [0.1, 0.15) is 19.8 Å². The van der Waals surface area contributed by atoms with Crippen molar-refractivity contribution in [3.05, 3.63) is 48.5 Å². The molecule has 3 rings (SSSR count). The van der Waals surface area contributed by atoms with Gasteiger partial charge in [-0.1, -0.05) is 6.07 Å². The van der Waals surface area contributed by atoms with Gasteiger partial charge in [-0.25, -0.2) is 26.8 Å². The van der Waals surface area contributed by atoms with Gasteiger partial charge in [-0.3, -0.25) is 0 Å². The number of likely N-dealkylation sites (tertiary alicyclic amines) is 1. The van der Waals surface area contributed by atoms with Crippen LogP contribution in [-0.2, 0) is 14.6 Å². The highest BCUT2D eigenvalue weighted by Gasteiger charge is 2.48. The number of amides is 2. The Morgan fingerprint density at radius 2 is 1.71 bits per heavy atom. The van der Waals surface area contributed by atoms with Crippen molar-refractivity contribution in [1.29, 1.82) is 0 Å². The van der Waals surface area contributed by atoms with Crippen LogP contribution in [0.15, 0.2) is 47.6 Å². The number of piperidine rings is 1. The van der Waals surface area contributed by atoms with E-state index in [2.05, 4.69) is 15.5 Å². The number of urea groups is 1. The summed E-state index contributed by atoms with van der Waals surface area (Å²) in [4.78, 5) is 22.3. The molecule has 0 aliphatic carbocycles. The number of carboxylic acids is 1. The summed E-state index contributed by atoms with van der Waals surface area (Å²) in [5.74, 6) is -4.31. The average Bonchev–Trinajstić information content (AvgIpc) is 2.79. The quantitative estimate of drug-likeness (QED) is 0.584. The minimum atomic E-state index is -5.08. The number of halogens is 5. The predicted molar refractivity (Wildman–Crippen MR) is 112 cm³/mol. The molecule has 1 aromatic heterocycles. The van der Waals surface area contributed by atoms with E-state index < -0.39 is 38.7 Å². The third-order valence-corrected chi connectivity index (χ3v) is 7.48. The van der Waals surface area contributed by atoms with E-state index in [1.165, 1.54) is 29.4 Å². The molecule has 0 spiro atoms. The molecule has 1 aromatic carbocycles. The van der Waals surface area contributed by atoms with Crippen molar-refractivity contribution in [2.45, 2.75) is 35.8 Å². The fourth-order valence-electron chi connectivity index (χ4n) is 3.25. The van der Waals surface area contributed by atoms with Crippen molar-refractivity contribution in [3.63, 3.8) is 0 Å².